The fourth-order valence-electron chi connectivity index (χ4n) is 1.58. The van der Waals surface area contributed by atoms with Gasteiger partial charge in [-0.15, -0.1) is 0 Å². The van der Waals surface area contributed by atoms with Crippen molar-refractivity contribution in [1.82, 2.24) is 0 Å². The minimum atomic E-state index is -2.72. The summed E-state index contributed by atoms with van der Waals surface area (Å²) >= 11 is 0. The van der Waals surface area contributed by atoms with Gasteiger partial charge in [0, 0.05) is 5.92 Å². The largest absolute Gasteiger partial charge is 0.321 e. The smallest absolute Gasteiger partial charge is 0.310 e. The lowest BCUT2D eigenvalue weighted by molar-refractivity contribution is -0.0393. The van der Waals surface area contributed by atoms with Crippen LogP contribution < -0.4 is 0 Å². The number of hydrogen-bond donors (Lipinski definition) is 0. The lowest BCUT2D eigenvalue weighted by atomic mass is 10.0. The molecule has 0 atom stereocenters. The highest BCUT2D eigenvalue weighted by Crippen LogP contribution is 2.37. The molecule has 0 radical (unpaired) electrons. The van der Waals surface area contributed by atoms with Crippen molar-refractivity contribution in [3.05, 3.63) is 11.4 Å². The molecule has 0 aromatic heterocycles. The highest BCUT2D eigenvalue weighted by molar-refractivity contribution is 4.86. The molecule has 1 aliphatic rings. The first-order chi connectivity index (χ1) is 5.17. The normalized spacial score (nSPS) is 20.1. The number of alkyl halides is 2. The molecular formula is C8H11F2N. The summed E-state index contributed by atoms with van der Waals surface area (Å²) in [5.41, 5.74) is 0. The molecule has 0 N–H and O–H groups in total. The van der Waals surface area contributed by atoms with Crippen LogP contribution >= 0.6 is 0 Å². The third-order valence-corrected chi connectivity index (χ3v) is 2.24. The van der Waals surface area contributed by atoms with Crippen LogP contribution in [0.25, 0.3) is 4.85 Å². The van der Waals surface area contributed by atoms with Crippen LogP contribution in [0.15, 0.2) is 0 Å². The highest BCUT2D eigenvalue weighted by Gasteiger charge is 2.43. The highest BCUT2D eigenvalue weighted by atomic mass is 19.3. The Morgan fingerprint density at radius 2 is 1.91 bits per heavy atom. The Balaban J connectivity index is 2.49. The minimum absolute atomic E-state index is 0.517. The maximum atomic E-state index is 12.9. The molecule has 0 aromatic rings. The fraction of sp³-hybridized carbons (Fsp3) is 0.875. The second kappa shape index (κ2) is 3.17. The van der Waals surface area contributed by atoms with Crippen LogP contribution in [0.2, 0.25) is 0 Å². The summed E-state index contributed by atoms with van der Waals surface area (Å²) in [5.74, 6) is -3.24. The zero-order chi connectivity index (χ0) is 8.32. The standard InChI is InChI=1S/C8H11F2N/c1-11-6-8(9,10)7-4-2-3-5-7/h7H,2-6H2. The average Bonchev–Trinajstić information content (AvgIpc) is 2.37. The monoisotopic (exact) mass is 159 g/mol. The first-order valence-electron chi connectivity index (χ1n) is 3.88. The predicted molar refractivity (Wildman–Crippen MR) is 38.4 cm³/mol. The van der Waals surface area contributed by atoms with Gasteiger partial charge < -0.3 is 4.85 Å². The molecule has 62 valence electrons. The molecule has 0 aromatic carbocycles. The van der Waals surface area contributed by atoms with Gasteiger partial charge in [-0.2, -0.15) is 8.78 Å². The molecule has 11 heavy (non-hydrogen) atoms. The zero-order valence-corrected chi connectivity index (χ0v) is 6.32. The molecule has 0 spiro atoms. The maximum absolute atomic E-state index is 12.9. The molecule has 1 rings (SSSR count). The average molecular weight is 159 g/mol. The molecule has 0 saturated heterocycles. The molecule has 1 fully saturated rings. The molecule has 0 bridgehead atoms. The molecule has 3 heteroatoms. The van der Waals surface area contributed by atoms with Gasteiger partial charge in [0.1, 0.15) is 0 Å². The van der Waals surface area contributed by atoms with Crippen LogP contribution in [-0.2, 0) is 0 Å². The molecule has 1 aliphatic carbocycles. The summed E-state index contributed by atoms with van der Waals surface area (Å²) in [7, 11) is 0. The molecule has 0 heterocycles. The second-order valence-corrected chi connectivity index (χ2v) is 3.06. The van der Waals surface area contributed by atoms with Crippen molar-refractivity contribution in [3.63, 3.8) is 0 Å². The van der Waals surface area contributed by atoms with Gasteiger partial charge in [-0.05, 0) is 12.8 Å². The first-order valence-corrected chi connectivity index (χ1v) is 3.88. The van der Waals surface area contributed by atoms with E-state index in [1.807, 2.05) is 0 Å². The van der Waals surface area contributed by atoms with Crippen molar-refractivity contribution in [2.24, 2.45) is 5.92 Å². The Bertz CT molecular complexity index is 165. The van der Waals surface area contributed by atoms with Gasteiger partial charge in [-0.3, -0.25) is 0 Å². The summed E-state index contributed by atoms with van der Waals surface area (Å²) in [6.45, 7) is 5.74. The Kier molecular flexibility index (Phi) is 2.43. The molecular weight excluding hydrogens is 148 g/mol. The number of nitrogens with zero attached hydrogens (tertiary/aromatic N) is 1. The van der Waals surface area contributed by atoms with E-state index in [2.05, 4.69) is 4.85 Å². The van der Waals surface area contributed by atoms with E-state index >= 15 is 0 Å². The number of rotatable bonds is 2. The van der Waals surface area contributed by atoms with E-state index in [-0.39, 0.29) is 0 Å². The molecule has 1 saturated carbocycles. The van der Waals surface area contributed by atoms with Crippen molar-refractivity contribution in [3.8, 4) is 0 Å². The SMILES string of the molecule is [C-]#[N+]CC(F)(F)C1CCCC1. The van der Waals surface area contributed by atoms with E-state index in [9.17, 15) is 8.78 Å². The van der Waals surface area contributed by atoms with Crippen LogP contribution in [0, 0.1) is 12.5 Å². The summed E-state index contributed by atoms with van der Waals surface area (Å²) in [6, 6.07) is 0. The van der Waals surface area contributed by atoms with Gasteiger partial charge >= 0.3 is 5.92 Å². The fourth-order valence-corrected chi connectivity index (χ4v) is 1.58. The Hall–Kier alpha value is -0.650. The Morgan fingerprint density at radius 3 is 2.36 bits per heavy atom. The van der Waals surface area contributed by atoms with Crippen LogP contribution in [-0.4, -0.2) is 12.5 Å². The Labute approximate surface area is 65.2 Å². The van der Waals surface area contributed by atoms with Gasteiger partial charge in [0.2, 0.25) is 0 Å². The van der Waals surface area contributed by atoms with Gasteiger partial charge in [0.15, 0.2) is 0 Å². The van der Waals surface area contributed by atoms with E-state index in [1.54, 1.807) is 0 Å². The molecule has 0 amide bonds. The van der Waals surface area contributed by atoms with E-state index in [0.717, 1.165) is 12.8 Å². The lowest BCUT2D eigenvalue weighted by Crippen LogP contribution is -2.28. The summed E-state index contributed by atoms with van der Waals surface area (Å²) in [5, 5.41) is 0. The van der Waals surface area contributed by atoms with E-state index in [4.69, 9.17) is 6.57 Å². The Morgan fingerprint density at radius 1 is 1.36 bits per heavy atom. The third kappa shape index (κ3) is 1.89. The van der Waals surface area contributed by atoms with Crippen molar-refractivity contribution in [2.75, 3.05) is 6.54 Å². The topological polar surface area (TPSA) is 4.36 Å². The third-order valence-electron chi connectivity index (χ3n) is 2.24. The van der Waals surface area contributed by atoms with E-state index in [1.165, 1.54) is 0 Å². The van der Waals surface area contributed by atoms with Gasteiger partial charge in [0.25, 0.3) is 6.54 Å². The lowest BCUT2D eigenvalue weighted by Gasteiger charge is -2.16. The number of halogens is 2. The van der Waals surface area contributed by atoms with Crippen LogP contribution in [0.4, 0.5) is 8.78 Å². The molecule has 1 nitrogen and oxygen atoms in total. The minimum Gasteiger partial charge on any atom is -0.310 e. The van der Waals surface area contributed by atoms with Gasteiger partial charge in [-0.1, -0.05) is 12.8 Å². The molecule has 0 unspecified atom stereocenters. The van der Waals surface area contributed by atoms with Crippen LogP contribution in [0.3, 0.4) is 0 Å². The van der Waals surface area contributed by atoms with Gasteiger partial charge in [0.05, 0.1) is 0 Å². The van der Waals surface area contributed by atoms with Crippen molar-refractivity contribution in [1.29, 1.82) is 0 Å². The van der Waals surface area contributed by atoms with Crippen molar-refractivity contribution >= 4 is 0 Å². The van der Waals surface area contributed by atoms with Crippen molar-refractivity contribution < 1.29 is 8.78 Å². The van der Waals surface area contributed by atoms with Gasteiger partial charge in [-0.25, -0.2) is 6.57 Å². The number of hydrogen-bond acceptors (Lipinski definition) is 0. The van der Waals surface area contributed by atoms with Crippen LogP contribution in [0.1, 0.15) is 25.7 Å². The second-order valence-electron chi connectivity index (χ2n) is 3.06. The summed E-state index contributed by atoms with van der Waals surface area (Å²) < 4.78 is 25.8. The van der Waals surface area contributed by atoms with Crippen molar-refractivity contribution in [2.45, 2.75) is 31.6 Å². The van der Waals surface area contributed by atoms with E-state index in [0.29, 0.717) is 12.8 Å². The summed E-state index contributed by atoms with van der Waals surface area (Å²) in [4.78, 5) is 2.75. The summed E-state index contributed by atoms with van der Waals surface area (Å²) in [6.07, 6.45) is 3.00. The quantitative estimate of drug-likeness (QED) is 0.545. The molecule has 0 aliphatic heterocycles. The first kappa shape index (κ1) is 8.45. The predicted octanol–water partition coefficient (Wildman–Crippen LogP) is 2.73. The van der Waals surface area contributed by atoms with Crippen LogP contribution in [0.5, 0.6) is 0 Å². The zero-order valence-electron chi connectivity index (χ0n) is 6.32. The van der Waals surface area contributed by atoms with E-state index < -0.39 is 18.4 Å². The maximum Gasteiger partial charge on any atom is 0.321 e.